The van der Waals surface area contributed by atoms with Gasteiger partial charge in [0.2, 0.25) is 5.28 Å². The molecule has 0 fully saturated rings. The lowest BCUT2D eigenvalue weighted by Gasteiger charge is -2.05. The van der Waals surface area contributed by atoms with E-state index in [9.17, 15) is 0 Å². The summed E-state index contributed by atoms with van der Waals surface area (Å²) >= 11 is 7.22. The van der Waals surface area contributed by atoms with E-state index in [1.807, 2.05) is 6.07 Å². The molecule has 0 unspecified atom stereocenters. The van der Waals surface area contributed by atoms with Gasteiger partial charge in [-0.1, -0.05) is 6.07 Å². The normalized spacial score (nSPS) is 10.4. The molecule has 0 aliphatic heterocycles. The summed E-state index contributed by atoms with van der Waals surface area (Å²) in [6.07, 6.45) is 0. The number of methoxy groups -OCH3 is 1. The number of rotatable bonds is 3. The highest BCUT2D eigenvalue weighted by Gasteiger charge is 2.07. The Labute approximate surface area is 115 Å². The number of hydrogen-bond donors (Lipinski definition) is 0. The number of benzene rings is 1. The fourth-order valence-corrected chi connectivity index (χ4v) is 2.38. The van der Waals surface area contributed by atoms with Gasteiger partial charge in [-0.3, -0.25) is 0 Å². The van der Waals surface area contributed by atoms with Crippen LogP contribution < -0.4 is 4.74 Å². The average molecular weight is 282 g/mol. The van der Waals surface area contributed by atoms with E-state index >= 15 is 0 Å². The fourth-order valence-electron chi connectivity index (χ4n) is 1.33. The summed E-state index contributed by atoms with van der Waals surface area (Å²) in [6, 6.07) is 6.40. The first-order valence-electron chi connectivity index (χ1n) is 5.29. The van der Waals surface area contributed by atoms with Gasteiger partial charge in [0.15, 0.2) is 5.16 Å². The maximum Gasteiger partial charge on any atom is 0.321 e. The summed E-state index contributed by atoms with van der Waals surface area (Å²) in [5, 5.41) is 0.656. The second-order valence-electron chi connectivity index (χ2n) is 3.72. The van der Waals surface area contributed by atoms with Gasteiger partial charge >= 0.3 is 6.01 Å². The molecule has 0 saturated heterocycles. The molecule has 0 saturated carbocycles. The van der Waals surface area contributed by atoms with Gasteiger partial charge in [-0.05, 0) is 60.5 Å². The van der Waals surface area contributed by atoms with E-state index in [1.165, 1.54) is 30.0 Å². The zero-order valence-electron chi connectivity index (χ0n) is 10.3. The van der Waals surface area contributed by atoms with Crippen molar-refractivity contribution in [1.29, 1.82) is 0 Å². The molecule has 18 heavy (non-hydrogen) atoms. The van der Waals surface area contributed by atoms with Gasteiger partial charge in [-0.15, -0.1) is 0 Å². The average Bonchev–Trinajstić information content (AvgIpc) is 2.33. The summed E-state index contributed by atoms with van der Waals surface area (Å²) < 4.78 is 4.96. The van der Waals surface area contributed by atoms with E-state index in [1.54, 1.807) is 0 Å². The Morgan fingerprint density at radius 3 is 2.56 bits per heavy atom. The number of nitrogens with zero attached hydrogens (tertiary/aromatic N) is 3. The van der Waals surface area contributed by atoms with Gasteiger partial charge in [0.05, 0.1) is 7.11 Å². The molecule has 0 spiro atoms. The van der Waals surface area contributed by atoms with Crippen LogP contribution in [0.3, 0.4) is 0 Å². The number of halogens is 1. The van der Waals surface area contributed by atoms with Crippen molar-refractivity contribution in [2.24, 2.45) is 0 Å². The van der Waals surface area contributed by atoms with Crippen LogP contribution in [0.1, 0.15) is 11.1 Å². The van der Waals surface area contributed by atoms with E-state index in [4.69, 9.17) is 16.3 Å². The lowest BCUT2D eigenvalue weighted by atomic mass is 10.1. The predicted molar refractivity (Wildman–Crippen MR) is 71.4 cm³/mol. The Hall–Kier alpha value is -1.33. The number of aromatic nitrogens is 3. The van der Waals surface area contributed by atoms with Crippen molar-refractivity contribution in [1.82, 2.24) is 15.0 Å². The minimum Gasteiger partial charge on any atom is -0.467 e. The minimum absolute atomic E-state index is 0.133. The molecule has 0 aliphatic rings. The zero-order valence-corrected chi connectivity index (χ0v) is 11.8. The topological polar surface area (TPSA) is 47.9 Å². The van der Waals surface area contributed by atoms with Crippen LogP contribution in [0.15, 0.2) is 28.3 Å². The molecule has 0 amide bonds. The van der Waals surface area contributed by atoms with Gasteiger partial charge in [0.1, 0.15) is 0 Å². The molecule has 0 N–H and O–H groups in total. The largest absolute Gasteiger partial charge is 0.467 e. The predicted octanol–water partition coefficient (Wildman–Crippen LogP) is 3.30. The molecule has 94 valence electrons. The molecule has 0 atom stereocenters. The number of ether oxygens (including phenoxy) is 1. The summed E-state index contributed by atoms with van der Waals surface area (Å²) in [5.41, 5.74) is 2.48. The molecule has 1 heterocycles. The Balaban J connectivity index is 2.27. The highest BCUT2D eigenvalue weighted by molar-refractivity contribution is 7.99. The van der Waals surface area contributed by atoms with Gasteiger partial charge in [0.25, 0.3) is 0 Å². The van der Waals surface area contributed by atoms with Gasteiger partial charge < -0.3 is 4.74 Å². The maximum atomic E-state index is 5.80. The van der Waals surface area contributed by atoms with Gasteiger partial charge in [-0.2, -0.15) is 15.0 Å². The molecule has 1 aromatic heterocycles. The highest BCUT2D eigenvalue weighted by atomic mass is 35.5. The second kappa shape index (κ2) is 5.54. The lowest BCUT2D eigenvalue weighted by molar-refractivity contribution is 0.373. The van der Waals surface area contributed by atoms with Crippen molar-refractivity contribution in [3.8, 4) is 6.01 Å². The molecule has 0 radical (unpaired) electrons. The van der Waals surface area contributed by atoms with E-state index < -0.39 is 0 Å². The Kier molecular flexibility index (Phi) is 4.04. The van der Waals surface area contributed by atoms with Crippen LogP contribution in [0, 0.1) is 13.8 Å². The third-order valence-corrected chi connectivity index (χ3v) is 3.46. The third kappa shape index (κ3) is 3.11. The van der Waals surface area contributed by atoms with E-state index in [-0.39, 0.29) is 11.3 Å². The first kappa shape index (κ1) is 13.1. The molecule has 1 aromatic carbocycles. The lowest BCUT2D eigenvalue weighted by Crippen LogP contribution is -1.96. The van der Waals surface area contributed by atoms with Crippen molar-refractivity contribution in [2.45, 2.75) is 23.9 Å². The molecule has 2 rings (SSSR count). The van der Waals surface area contributed by atoms with Crippen LogP contribution >= 0.6 is 23.4 Å². The van der Waals surface area contributed by atoms with Crippen LogP contribution in [-0.4, -0.2) is 22.1 Å². The highest BCUT2D eigenvalue weighted by Crippen LogP contribution is 2.27. The zero-order chi connectivity index (χ0) is 13.1. The molecular formula is C12H12ClN3OS. The van der Waals surface area contributed by atoms with E-state index in [0.717, 1.165) is 4.90 Å². The third-order valence-electron chi connectivity index (χ3n) is 2.44. The summed E-state index contributed by atoms with van der Waals surface area (Å²) in [5.74, 6) is 0. The molecule has 4 nitrogen and oxygen atoms in total. The number of aryl methyl sites for hydroxylation is 2. The van der Waals surface area contributed by atoms with Gasteiger partial charge in [-0.25, -0.2) is 0 Å². The van der Waals surface area contributed by atoms with E-state index in [2.05, 4.69) is 40.9 Å². The fraction of sp³-hybridized carbons (Fsp3) is 0.250. The van der Waals surface area contributed by atoms with Crippen LogP contribution in [-0.2, 0) is 0 Å². The van der Waals surface area contributed by atoms with Crippen molar-refractivity contribution < 1.29 is 4.74 Å². The summed E-state index contributed by atoms with van der Waals surface area (Å²) in [7, 11) is 1.50. The van der Waals surface area contributed by atoms with Crippen molar-refractivity contribution >= 4 is 23.4 Å². The van der Waals surface area contributed by atoms with Crippen molar-refractivity contribution in [3.05, 3.63) is 34.6 Å². The SMILES string of the molecule is COc1nc(Cl)nc(Sc2ccc(C)c(C)c2)n1. The van der Waals surface area contributed by atoms with Crippen LogP contribution in [0.5, 0.6) is 6.01 Å². The Morgan fingerprint density at radius 1 is 1.11 bits per heavy atom. The van der Waals surface area contributed by atoms with Crippen LogP contribution in [0.2, 0.25) is 5.28 Å². The molecular weight excluding hydrogens is 270 g/mol. The summed E-state index contributed by atoms with van der Waals surface area (Å²) in [6.45, 7) is 4.15. The van der Waals surface area contributed by atoms with Crippen LogP contribution in [0.4, 0.5) is 0 Å². The first-order chi connectivity index (χ1) is 8.58. The quantitative estimate of drug-likeness (QED) is 0.864. The molecule has 2 aromatic rings. The smallest absolute Gasteiger partial charge is 0.321 e. The summed E-state index contributed by atoms with van der Waals surface area (Å²) in [4.78, 5) is 13.1. The minimum atomic E-state index is 0.133. The van der Waals surface area contributed by atoms with E-state index in [0.29, 0.717) is 5.16 Å². The molecule has 0 aliphatic carbocycles. The monoisotopic (exact) mass is 281 g/mol. The van der Waals surface area contributed by atoms with Crippen molar-refractivity contribution in [3.63, 3.8) is 0 Å². The van der Waals surface area contributed by atoms with Crippen molar-refractivity contribution in [2.75, 3.05) is 7.11 Å². The second-order valence-corrected chi connectivity index (χ2v) is 5.10. The van der Waals surface area contributed by atoms with Gasteiger partial charge in [0, 0.05) is 4.90 Å². The van der Waals surface area contributed by atoms with Crippen LogP contribution in [0.25, 0.3) is 0 Å². The maximum absolute atomic E-state index is 5.80. The Bertz CT molecular complexity index is 577. The Morgan fingerprint density at radius 2 is 1.89 bits per heavy atom. The first-order valence-corrected chi connectivity index (χ1v) is 6.48. The molecule has 0 bridgehead atoms. The molecule has 6 heteroatoms. The standard InChI is InChI=1S/C12H12ClN3OS/c1-7-4-5-9(6-8(7)2)18-12-15-10(13)14-11(16-12)17-3/h4-6H,1-3H3. The number of hydrogen-bond acceptors (Lipinski definition) is 5.